The molecular formula is C10H20N2O2. The third-order valence-electron chi connectivity index (χ3n) is 3.17. The molecule has 0 bridgehead atoms. The average molecular weight is 200 g/mol. The molecule has 0 radical (unpaired) electrons. The molecule has 1 rings (SSSR count). The predicted octanol–water partition coefficient (Wildman–Crippen LogP) is 0.519. The van der Waals surface area contributed by atoms with Crippen LogP contribution in [0.3, 0.4) is 0 Å². The zero-order chi connectivity index (χ0) is 10.7. The molecule has 0 aliphatic heterocycles. The van der Waals surface area contributed by atoms with Crippen LogP contribution >= 0.6 is 0 Å². The van der Waals surface area contributed by atoms with E-state index in [1.54, 1.807) is 0 Å². The lowest BCUT2D eigenvalue weighted by molar-refractivity contribution is -0.139. The third-order valence-corrected chi connectivity index (χ3v) is 3.17. The summed E-state index contributed by atoms with van der Waals surface area (Å²) in [6.07, 6.45) is 4.27. The first-order chi connectivity index (χ1) is 6.52. The monoisotopic (exact) mass is 200 g/mol. The molecule has 2 atom stereocenters. The molecule has 0 aromatic rings. The van der Waals surface area contributed by atoms with Crippen molar-refractivity contribution >= 4 is 5.97 Å². The Morgan fingerprint density at radius 1 is 1.57 bits per heavy atom. The lowest BCUT2D eigenvalue weighted by Crippen LogP contribution is -2.45. The number of carboxylic acid groups (broad SMARTS) is 1. The van der Waals surface area contributed by atoms with E-state index in [1.165, 1.54) is 19.3 Å². The first-order valence-corrected chi connectivity index (χ1v) is 5.17. The molecule has 14 heavy (non-hydrogen) atoms. The van der Waals surface area contributed by atoms with Crippen LogP contribution in [0.1, 0.15) is 25.7 Å². The van der Waals surface area contributed by atoms with Gasteiger partial charge in [0.05, 0.1) is 0 Å². The summed E-state index contributed by atoms with van der Waals surface area (Å²) >= 11 is 0. The zero-order valence-corrected chi connectivity index (χ0v) is 8.94. The van der Waals surface area contributed by atoms with Gasteiger partial charge >= 0.3 is 5.97 Å². The topological polar surface area (TPSA) is 66.6 Å². The number of nitrogens with two attached hydrogens (primary N) is 1. The predicted molar refractivity (Wildman–Crippen MR) is 55.0 cm³/mol. The van der Waals surface area contributed by atoms with Crippen LogP contribution in [0.15, 0.2) is 0 Å². The normalized spacial score (nSPS) is 21.7. The molecular weight excluding hydrogens is 180 g/mol. The van der Waals surface area contributed by atoms with Crippen molar-refractivity contribution in [2.24, 2.45) is 11.7 Å². The van der Waals surface area contributed by atoms with Gasteiger partial charge in [-0.1, -0.05) is 6.42 Å². The highest BCUT2D eigenvalue weighted by Crippen LogP contribution is 2.33. The van der Waals surface area contributed by atoms with Crippen LogP contribution in [0.5, 0.6) is 0 Å². The Morgan fingerprint density at radius 3 is 2.43 bits per heavy atom. The molecule has 82 valence electrons. The zero-order valence-electron chi connectivity index (χ0n) is 8.94. The molecule has 4 nitrogen and oxygen atoms in total. The van der Waals surface area contributed by atoms with E-state index in [4.69, 9.17) is 10.8 Å². The molecule has 1 aliphatic carbocycles. The third kappa shape index (κ3) is 2.69. The summed E-state index contributed by atoms with van der Waals surface area (Å²) in [5.74, 6) is -0.244. The van der Waals surface area contributed by atoms with E-state index in [1.807, 2.05) is 14.1 Å². The number of aliphatic carboxylic acids is 1. The lowest BCUT2D eigenvalue weighted by Gasteiger charge is -2.38. The first kappa shape index (κ1) is 11.5. The van der Waals surface area contributed by atoms with Gasteiger partial charge in [-0.2, -0.15) is 0 Å². The Bertz CT molecular complexity index is 202. The minimum atomic E-state index is -0.892. The number of nitrogens with zero attached hydrogens (tertiary/aromatic N) is 1. The quantitative estimate of drug-likeness (QED) is 0.679. The van der Waals surface area contributed by atoms with Gasteiger partial charge in [0.25, 0.3) is 0 Å². The lowest BCUT2D eigenvalue weighted by atomic mass is 9.77. The van der Waals surface area contributed by atoms with E-state index in [0.29, 0.717) is 18.4 Å². The van der Waals surface area contributed by atoms with Crippen molar-refractivity contribution in [1.29, 1.82) is 0 Å². The van der Waals surface area contributed by atoms with Crippen molar-refractivity contribution in [3.05, 3.63) is 0 Å². The van der Waals surface area contributed by atoms with Crippen LogP contribution in [-0.2, 0) is 4.79 Å². The van der Waals surface area contributed by atoms with Crippen molar-refractivity contribution in [3.8, 4) is 0 Å². The number of hydrogen-bond acceptors (Lipinski definition) is 3. The van der Waals surface area contributed by atoms with Crippen molar-refractivity contribution in [1.82, 2.24) is 4.90 Å². The highest BCUT2D eigenvalue weighted by molar-refractivity contribution is 5.73. The number of hydrogen-bond donors (Lipinski definition) is 2. The number of carboxylic acids is 1. The fourth-order valence-corrected chi connectivity index (χ4v) is 2.01. The van der Waals surface area contributed by atoms with Gasteiger partial charge < -0.3 is 15.7 Å². The molecule has 0 saturated heterocycles. The van der Waals surface area contributed by atoms with E-state index >= 15 is 0 Å². The van der Waals surface area contributed by atoms with Gasteiger partial charge in [0.15, 0.2) is 0 Å². The van der Waals surface area contributed by atoms with Gasteiger partial charge in [-0.25, -0.2) is 0 Å². The molecule has 0 spiro atoms. The van der Waals surface area contributed by atoms with Gasteiger partial charge in [-0.15, -0.1) is 0 Å². The number of rotatable bonds is 5. The maximum Gasteiger partial charge on any atom is 0.320 e. The maximum absolute atomic E-state index is 10.6. The molecule has 3 N–H and O–H groups in total. The SMILES string of the molecule is CN(C)C(CC(N)C(=O)O)C1CCC1. The van der Waals surface area contributed by atoms with Gasteiger partial charge in [-0.3, -0.25) is 4.79 Å². The fourth-order valence-electron chi connectivity index (χ4n) is 2.01. The van der Waals surface area contributed by atoms with Crippen molar-refractivity contribution < 1.29 is 9.90 Å². The second kappa shape index (κ2) is 4.75. The summed E-state index contributed by atoms with van der Waals surface area (Å²) in [6.45, 7) is 0. The summed E-state index contributed by atoms with van der Waals surface area (Å²) in [5.41, 5.74) is 5.55. The minimum absolute atomic E-state index is 0.329. The average Bonchev–Trinajstić information content (AvgIpc) is 1.99. The van der Waals surface area contributed by atoms with Crippen LogP contribution in [0, 0.1) is 5.92 Å². The molecule has 1 aliphatic rings. The molecule has 0 heterocycles. The Hall–Kier alpha value is -0.610. The van der Waals surface area contributed by atoms with E-state index in [9.17, 15) is 4.79 Å². The summed E-state index contributed by atoms with van der Waals surface area (Å²) in [6, 6.07) is -0.391. The smallest absolute Gasteiger partial charge is 0.320 e. The highest BCUT2D eigenvalue weighted by atomic mass is 16.4. The van der Waals surface area contributed by atoms with Crippen LogP contribution in [0.2, 0.25) is 0 Å². The molecule has 1 fully saturated rings. The largest absolute Gasteiger partial charge is 0.480 e. The molecule has 2 unspecified atom stereocenters. The first-order valence-electron chi connectivity index (χ1n) is 5.17. The van der Waals surface area contributed by atoms with E-state index in [-0.39, 0.29) is 0 Å². The van der Waals surface area contributed by atoms with Gasteiger partial charge in [0.2, 0.25) is 0 Å². The second-order valence-corrected chi connectivity index (χ2v) is 4.40. The van der Waals surface area contributed by atoms with Crippen LogP contribution in [0.4, 0.5) is 0 Å². The minimum Gasteiger partial charge on any atom is -0.480 e. The van der Waals surface area contributed by atoms with Gasteiger partial charge in [-0.05, 0) is 39.3 Å². The van der Waals surface area contributed by atoms with Crippen molar-refractivity contribution in [3.63, 3.8) is 0 Å². The summed E-state index contributed by atoms with van der Waals surface area (Å²) in [4.78, 5) is 12.7. The van der Waals surface area contributed by atoms with E-state index in [2.05, 4.69) is 4.90 Å². The highest BCUT2D eigenvalue weighted by Gasteiger charge is 2.31. The summed E-state index contributed by atoms with van der Waals surface area (Å²) < 4.78 is 0. The van der Waals surface area contributed by atoms with Crippen molar-refractivity contribution in [2.45, 2.75) is 37.8 Å². The van der Waals surface area contributed by atoms with Gasteiger partial charge in [0.1, 0.15) is 6.04 Å². The Morgan fingerprint density at radius 2 is 2.14 bits per heavy atom. The molecule has 1 saturated carbocycles. The van der Waals surface area contributed by atoms with Crippen LogP contribution in [0.25, 0.3) is 0 Å². The van der Waals surface area contributed by atoms with Gasteiger partial charge in [0, 0.05) is 6.04 Å². The summed E-state index contributed by atoms with van der Waals surface area (Å²) in [5, 5.41) is 8.74. The Labute approximate surface area is 85.1 Å². The second-order valence-electron chi connectivity index (χ2n) is 4.40. The molecule has 0 aromatic carbocycles. The standard InChI is InChI=1S/C10H20N2O2/c1-12(2)9(7-4-3-5-7)6-8(11)10(13)14/h7-9H,3-6,11H2,1-2H3,(H,13,14). The summed E-state index contributed by atoms with van der Waals surface area (Å²) in [7, 11) is 4.00. The van der Waals surface area contributed by atoms with Crippen molar-refractivity contribution in [2.75, 3.05) is 14.1 Å². The van der Waals surface area contributed by atoms with Crippen LogP contribution in [-0.4, -0.2) is 42.2 Å². The molecule has 0 amide bonds. The molecule has 0 aromatic heterocycles. The molecule has 4 heteroatoms. The van der Waals surface area contributed by atoms with E-state index < -0.39 is 12.0 Å². The van der Waals surface area contributed by atoms with E-state index in [0.717, 1.165) is 0 Å². The maximum atomic E-state index is 10.6. The Kier molecular flexibility index (Phi) is 3.89. The number of carbonyl (C=O) groups is 1. The Balaban J connectivity index is 2.46. The van der Waals surface area contributed by atoms with Crippen LogP contribution < -0.4 is 5.73 Å². The fraction of sp³-hybridized carbons (Fsp3) is 0.900.